The maximum Gasteiger partial charge on any atom is 0.0505 e. The second kappa shape index (κ2) is 3.25. The predicted molar refractivity (Wildman–Crippen MR) is 51.8 cm³/mol. The highest BCUT2D eigenvalue weighted by Gasteiger charge is 2.17. The van der Waals surface area contributed by atoms with Crippen molar-refractivity contribution in [3.63, 3.8) is 0 Å². The molecule has 0 aliphatic rings. The Hall–Kier alpha value is -0.860. The van der Waals surface area contributed by atoms with Crippen LogP contribution in [0.4, 0.5) is 0 Å². The molecule has 1 rings (SSSR count). The lowest BCUT2D eigenvalue weighted by atomic mass is 9.93. The maximum absolute atomic E-state index is 5.96. The Morgan fingerprint density at radius 2 is 1.75 bits per heavy atom. The van der Waals surface area contributed by atoms with E-state index in [0.717, 1.165) is 5.56 Å². The van der Waals surface area contributed by atoms with Gasteiger partial charge in [0.25, 0.3) is 0 Å². The van der Waals surface area contributed by atoms with Crippen molar-refractivity contribution in [2.24, 2.45) is 11.5 Å². The van der Waals surface area contributed by atoms with Crippen molar-refractivity contribution in [3.8, 4) is 0 Å². The van der Waals surface area contributed by atoms with Gasteiger partial charge in [0.2, 0.25) is 0 Å². The Labute approximate surface area is 73.6 Å². The summed E-state index contributed by atoms with van der Waals surface area (Å²) in [4.78, 5) is 0. The van der Waals surface area contributed by atoms with E-state index in [9.17, 15) is 0 Å². The van der Waals surface area contributed by atoms with E-state index in [1.54, 1.807) is 0 Å². The average molecular weight is 164 g/mol. The molecule has 0 radical (unpaired) electrons. The lowest BCUT2D eigenvalue weighted by Crippen LogP contribution is -2.40. The van der Waals surface area contributed by atoms with Crippen LogP contribution in [0.15, 0.2) is 24.3 Å². The minimum atomic E-state index is -0.395. The Morgan fingerprint density at radius 1 is 1.25 bits per heavy atom. The molecule has 0 spiro atoms. The Morgan fingerprint density at radius 3 is 2.17 bits per heavy atom. The normalized spacial score (nSPS) is 15.7. The number of hydrogen-bond acceptors (Lipinski definition) is 2. The van der Waals surface area contributed by atoms with E-state index in [1.165, 1.54) is 5.56 Å². The van der Waals surface area contributed by atoms with Gasteiger partial charge in [0, 0.05) is 6.54 Å². The third-order valence-electron chi connectivity index (χ3n) is 2.14. The first-order chi connectivity index (χ1) is 5.56. The highest BCUT2D eigenvalue weighted by molar-refractivity contribution is 5.27. The van der Waals surface area contributed by atoms with Gasteiger partial charge >= 0.3 is 0 Å². The number of nitrogens with two attached hydrogens (primary N) is 2. The van der Waals surface area contributed by atoms with Gasteiger partial charge < -0.3 is 11.5 Å². The van der Waals surface area contributed by atoms with Gasteiger partial charge in [-0.2, -0.15) is 0 Å². The first-order valence-electron chi connectivity index (χ1n) is 4.12. The van der Waals surface area contributed by atoms with Crippen LogP contribution in [0.25, 0.3) is 0 Å². The predicted octanol–water partition coefficient (Wildman–Crippen LogP) is 1.13. The van der Waals surface area contributed by atoms with Gasteiger partial charge in [-0.1, -0.05) is 29.8 Å². The third kappa shape index (κ3) is 1.84. The minimum Gasteiger partial charge on any atom is -0.328 e. The van der Waals surface area contributed by atoms with E-state index in [2.05, 4.69) is 19.1 Å². The topological polar surface area (TPSA) is 52.0 Å². The van der Waals surface area contributed by atoms with Crippen LogP contribution in [-0.2, 0) is 5.54 Å². The summed E-state index contributed by atoms with van der Waals surface area (Å²) in [5.41, 5.74) is 13.5. The monoisotopic (exact) mass is 164 g/mol. The molecule has 2 heteroatoms. The Kier molecular flexibility index (Phi) is 2.50. The molecule has 1 unspecified atom stereocenters. The van der Waals surface area contributed by atoms with E-state index in [0.29, 0.717) is 6.54 Å². The van der Waals surface area contributed by atoms with E-state index in [-0.39, 0.29) is 0 Å². The molecule has 12 heavy (non-hydrogen) atoms. The molecule has 66 valence electrons. The van der Waals surface area contributed by atoms with Gasteiger partial charge in [0.15, 0.2) is 0 Å². The molecule has 2 nitrogen and oxygen atoms in total. The molecule has 1 aromatic carbocycles. The van der Waals surface area contributed by atoms with Gasteiger partial charge in [-0.3, -0.25) is 0 Å². The first kappa shape index (κ1) is 9.23. The quantitative estimate of drug-likeness (QED) is 0.688. The largest absolute Gasteiger partial charge is 0.328 e. The van der Waals surface area contributed by atoms with Crippen molar-refractivity contribution in [2.45, 2.75) is 19.4 Å². The summed E-state index contributed by atoms with van der Waals surface area (Å²) in [7, 11) is 0. The molecule has 0 fully saturated rings. The standard InChI is InChI=1S/C10H16N2/c1-8-3-5-9(6-4-8)10(2,12)7-11/h3-6H,7,11-12H2,1-2H3. The average Bonchev–Trinajstić information content (AvgIpc) is 2.05. The number of benzene rings is 1. The molecule has 0 saturated carbocycles. The Balaban J connectivity index is 2.96. The zero-order chi connectivity index (χ0) is 9.19. The molecule has 0 amide bonds. The zero-order valence-corrected chi connectivity index (χ0v) is 7.67. The van der Waals surface area contributed by atoms with Crippen LogP contribution >= 0.6 is 0 Å². The zero-order valence-electron chi connectivity index (χ0n) is 7.67. The van der Waals surface area contributed by atoms with Gasteiger partial charge in [-0.15, -0.1) is 0 Å². The molecule has 0 heterocycles. The van der Waals surface area contributed by atoms with E-state index < -0.39 is 5.54 Å². The van der Waals surface area contributed by atoms with Crippen LogP contribution in [0.1, 0.15) is 18.1 Å². The molecular weight excluding hydrogens is 148 g/mol. The lowest BCUT2D eigenvalue weighted by molar-refractivity contribution is 0.508. The summed E-state index contributed by atoms with van der Waals surface area (Å²) < 4.78 is 0. The van der Waals surface area contributed by atoms with Gasteiger partial charge in [0.05, 0.1) is 5.54 Å². The van der Waals surface area contributed by atoms with Crippen LogP contribution in [0, 0.1) is 6.92 Å². The molecule has 0 aliphatic carbocycles. The highest BCUT2D eigenvalue weighted by atomic mass is 14.8. The van der Waals surface area contributed by atoms with Crippen LogP contribution < -0.4 is 11.5 Å². The summed E-state index contributed by atoms with van der Waals surface area (Å²) in [6.07, 6.45) is 0. The van der Waals surface area contributed by atoms with E-state index in [1.807, 2.05) is 19.1 Å². The summed E-state index contributed by atoms with van der Waals surface area (Å²) in [5.74, 6) is 0. The van der Waals surface area contributed by atoms with Crippen molar-refractivity contribution < 1.29 is 0 Å². The van der Waals surface area contributed by atoms with Crippen molar-refractivity contribution in [2.75, 3.05) is 6.54 Å². The van der Waals surface area contributed by atoms with Crippen LogP contribution in [0.3, 0.4) is 0 Å². The summed E-state index contributed by atoms with van der Waals surface area (Å²) in [6, 6.07) is 8.16. The van der Waals surface area contributed by atoms with Crippen LogP contribution in [0.5, 0.6) is 0 Å². The van der Waals surface area contributed by atoms with Crippen molar-refractivity contribution in [1.82, 2.24) is 0 Å². The molecule has 0 saturated heterocycles. The first-order valence-corrected chi connectivity index (χ1v) is 4.12. The summed E-state index contributed by atoms with van der Waals surface area (Å²) in [5, 5.41) is 0. The van der Waals surface area contributed by atoms with Crippen LogP contribution in [-0.4, -0.2) is 6.54 Å². The van der Waals surface area contributed by atoms with Crippen molar-refractivity contribution in [3.05, 3.63) is 35.4 Å². The highest BCUT2D eigenvalue weighted by Crippen LogP contribution is 2.16. The maximum atomic E-state index is 5.96. The van der Waals surface area contributed by atoms with Crippen molar-refractivity contribution >= 4 is 0 Å². The lowest BCUT2D eigenvalue weighted by Gasteiger charge is -2.22. The Bertz CT molecular complexity index is 249. The fourth-order valence-electron chi connectivity index (χ4n) is 1.05. The number of rotatable bonds is 2. The minimum absolute atomic E-state index is 0.395. The molecule has 0 aliphatic heterocycles. The SMILES string of the molecule is Cc1ccc(C(C)(N)CN)cc1. The van der Waals surface area contributed by atoms with E-state index >= 15 is 0 Å². The molecule has 1 aromatic rings. The van der Waals surface area contributed by atoms with Crippen molar-refractivity contribution in [1.29, 1.82) is 0 Å². The van der Waals surface area contributed by atoms with Gasteiger partial charge in [0.1, 0.15) is 0 Å². The van der Waals surface area contributed by atoms with E-state index in [4.69, 9.17) is 11.5 Å². The number of aryl methyl sites for hydroxylation is 1. The smallest absolute Gasteiger partial charge is 0.0505 e. The fraction of sp³-hybridized carbons (Fsp3) is 0.400. The molecular formula is C10H16N2. The molecule has 0 bridgehead atoms. The molecule has 0 aromatic heterocycles. The van der Waals surface area contributed by atoms with Gasteiger partial charge in [-0.05, 0) is 19.4 Å². The fourth-order valence-corrected chi connectivity index (χ4v) is 1.05. The summed E-state index contributed by atoms with van der Waals surface area (Å²) in [6.45, 7) is 4.47. The molecule has 4 N–H and O–H groups in total. The van der Waals surface area contributed by atoms with Crippen LogP contribution in [0.2, 0.25) is 0 Å². The second-order valence-electron chi connectivity index (χ2n) is 3.49. The van der Waals surface area contributed by atoms with Gasteiger partial charge in [-0.25, -0.2) is 0 Å². The molecule has 1 atom stereocenters. The number of hydrogen-bond donors (Lipinski definition) is 2. The summed E-state index contributed by atoms with van der Waals surface area (Å²) >= 11 is 0. The third-order valence-corrected chi connectivity index (χ3v) is 2.14. The second-order valence-corrected chi connectivity index (χ2v) is 3.49.